The van der Waals surface area contributed by atoms with Crippen molar-refractivity contribution in [3.63, 3.8) is 0 Å². The fourth-order valence-electron chi connectivity index (χ4n) is 3.62. The molecular formula is C20H20BrN3O. The van der Waals surface area contributed by atoms with Crippen LogP contribution in [-0.4, -0.2) is 27.3 Å². The second-order valence-electron chi connectivity index (χ2n) is 6.50. The van der Waals surface area contributed by atoms with Crippen molar-refractivity contribution in [3.05, 3.63) is 64.4 Å². The minimum Gasteiger partial charge on any atom is -0.342 e. The number of carbonyl (C=O) groups excluding carboxylic acids is 1. The summed E-state index contributed by atoms with van der Waals surface area (Å²) < 4.78 is 1.06. The third-order valence-electron chi connectivity index (χ3n) is 4.82. The molecule has 1 N–H and O–H groups in total. The monoisotopic (exact) mass is 397 g/mol. The van der Waals surface area contributed by atoms with Crippen LogP contribution < -0.4 is 0 Å². The summed E-state index contributed by atoms with van der Waals surface area (Å²) in [6, 6.07) is 16.4. The van der Waals surface area contributed by atoms with Crippen LogP contribution in [-0.2, 0) is 11.2 Å². The number of likely N-dealkylation sites (tertiary alicyclic amines) is 1. The molecule has 25 heavy (non-hydrogen) atoms. The number of fused-ring (bicyclic) bond motifs is 1. The van der Waals surface area contributed by atoms with Crippen LogP contribution in [0.2, 0.25) is 0 Å². The largest absolute Gasteiger partial charge is 0.342 e. The van der Waals surface area contributed by atoms with Gasteiger partial charge in [0.25, 0.3) is 0 Å². The highest BCUT2D eigenvalue weighted by Gasteiger charge is 2.29. The van der Waals surface area contributed by atoms with Gasteiger partial charge in [0.2, 0.25) is 5.91 Å². The highest BCUT2D eigenvalue weighted by Crippen LogP contribution is 2.33. The van der Waals surface area contributed by atoms with E-state index in [9.17, 15) is 4.79 Å². The Labute approximate surface area is 155 Å². The maximum Gasteiger partial charge on any atom is 0.223 e. The molecule has 0 radical (unpaired) electrons. The molecule has 128 valence electrons. The van der Waals surface area contributed by atoms with Gasteiger partial charge in [-0.2, -0.15) is 0 Å². The average Bonchev–Trinajstić information content (AvgIpc) is 3.26. The van der Waals surface area contributed by atoms with E-state index in [1.54, 1.807) is 0 Å². The number of imidazole rings is 1. The number of hydrogen-bond donors (Lipinski definition) is 1. The van der Waals surface area contributed by atoms with Gasteiger partial charge in [-0.25, -0.2) is 4.98 Å². The van der Waals surface area contributed by atoms with E-state index < -0.39 is 0 Å². The van der Waals surface area contributed by atoms with Crippen molar-refractivity contribution in [1.29, 1.82) is 0 Å². The van der Waals surface area contributed by atoms with Crippen LogP contribution in [0.3, 0.4) is 0 Å². The molecule has 5 heteroatoms. The minimum atomic E-state index is 0.195. The molecule has 1 aliphatic rings. The molecule has 1 saturated heterocycles. The number of nitrogens with zero attached hydrogens (tertiary/aromatic N) is 2. The van der Waals surface area contributed by atoms with Gasteiger partial charge in [-0.1, -0.05) is 40.2 Å². The van der Waals surface area contributed by atoms with Gasteiger partial charge in [0.05, 0.1) is 17.1 Å². The zero-order valence-corrected chi connectivity index (χ0v) is 15.5. The highest BCUT2D eigenvalue weighted by molar-refractivity contribution is 9.10. The predicted molar refractivity (Wildman–Crippen MR) is 102 cm³/mol. The number of H-pyrrole nitrogens is 1. The zero-order chi connectivity index (χ0) is 17.2. The van der Waals surface area contributed by atoms with Crippen molar-refractivity contribution in [3.8, 4) is 0 Å². The highest BCUT2D eigenvalue weighted by atomic mass is 79.9. The first-order valence-electron chi connectivity index (χ1n) is 8.69. The number of aromatic nitrogens is 2. The van der Waals surface area contributed by atoms with E-state index in [-0.39, 0.29) is 11.9 Å². The Bertz CT molecular complexity index is 872. The first-order valence-corrected chi connectivity index (χ1v) is 9.48. The topological polar surface area (TPSA) is 49.0 Å². The second-order valence-corrected chi connectivity index (χ2v) is 7.42. The molecule has 1 fully saturated rings. The molecule has 1 amide bonds. The number of aromatic amines is 1. The summed E-state index contributed by atoms with van der Waals surface area (Å²) in [5, 5.41) is 0. The van der Waals surface area contributed by atoms with Crippen LogP contribution in [0, 0.1) is 0 Å². The van der Waals surface area contributed by atoms with Gasteiger partial charge >= 0.3 is 0 Å². The van der Waals surface area contributed by atoms with E-state index >= 15 is 0 Å². The number of rotatable bonds is 4. The summed E-state index contributed by atoms with van der Waals surface area (Å²) in [6.07, 6.45) is 3.24. The number of nitrogens with one attached hydrogen (secondary N) is 1. The molecule has 2 aromatic carbocycles. The molecule has 3 aromatic rings. The van der Waals surface area contributed by atoms with Gasteiger partial charge in [0, 0.05) is 23.9 Å². The summed E-state index contributed by atoms with van der Waals surface area (Å²) >= 11 is 3.53. The van der Waals surface area contributed by atoms with Crippen molar-refractivity contribution in [2.75, 3.05) is 6.54 Å². The number of hydrogen-bond acceptors (Lipinski definition) is 2. The Morgan fingerprint density at radius 1 is 1.24 bits per heavy atom. The lowest BCUT2D eigenvalue weighted by atomic mass is 10.0. The third kappa shape index (κ3) is 3.47. The molecule has 1 aromatic heterocycles. The lowest BCUT2D eigenvalue weighted by Gasteiger charge is -2.25. The number of aryl methyl sites for hydroxylation is 1. The molecular weight excluding hydrogens is 378 g/mol. The van der Waals surface area contributed by atoms with Gasteiger partial charge in [0.15, 0.2) is 0 Å². The summed E-state index contributed by atoms with van der Waals surface area (Å²) in [4.78, 5) is 22.7. The summed E-state index contributed by atoms with van der Waals surface area (Å²) in [6.45, 7) is 0.843. The van der Waals surface area contributed by atoms with Crippen molar-refractivity contribution in [2.45, 2.75) is 31.7 Å². The first kappa shape index (κ1) is 16.3. The second kappa shape index (κ2) is 7.00. The van der Waals surface area contributed by atoms with Gasteiger partial charge < -0.3 is 9.88 Å². The predicted octanol–water partition coefficient (Wildman–Crippen LogP) is 4.62. The molecule has 2 heterocycles. The Hall–Kier alpha value is -2.14. The Morgan fingerprint density at radius 3 is 2.96 bits per heavy atom. The molecule has 0 spiro atoms. The van der Waals surface area contributed by atoms with Crippen molar-refractivity contribution in [1.82, 2.24) is 14.9 Å². The number of amides is 1. The summed E-state index contributed by atoms with van der Waals surface area (Å²) in [5.74, 6) is 1.09. The fraction of sp³-hybridized carbons (Fsp3) is 0.300. The molecule has 0 aliphatic carbocycles. The van der Waals surface area contributed by atoms with Crippen molar-refractivity contribution >= 4 is 32.9 Å². The van der Waals surface area contributed by atoms with Gasteiger partial charge in [-0.3, -0.25) is 4.79 Å². The Morgan fingerprint density at radius 2 is 2.12 bits per heavy atom. The van der Waals surface area contributed by atoms with E-state index in [1.165, 1.54) is 5.56 Å². The first-order chi connectivity index (χ1) is 12.2. The average molecular weight is 398 g/mol. The van der Waals surface area contributed by atoms with Gasteiger partial charge in [-0.05, 0) is 42.7 Å². The zero-order valence-electron chi connectivity index (χ0n) is 13.9. The van der Waals surface area contributed by atoms with Crippen LogP contribution in [0.1, 0.15) is 36.7 Å². The maximum atomic E-state index is 12.8. The molecule has 1 aliphatic heterocycles. The Balaban J connectivity index is 1.44. The molecule has 0 bridgehead atoms. The van der Waals surface area contributed by atoms with Crippen LogP contribution in [0.5, 0.6) is 0 Å². The fourth-order valence-corrected chi connectivity index (χ4v) is 4.04. The molecule has 4 nitrogen and oxygen atoms in total. The number of para-hydroxylation sites is 2. The lowest BCUT2D eigenvalue weighted by Crippen LogP contribution is -2.30. The van der Waals surface area contributed by atoms with Crippen LogP contribution in [0.15, 0.2) is 53.0 Å². The number of carbonyl (C=O) groups is 1. The summed E-state index contributed by atoms with van der Waals surface area (Å²) in [5.41, 5.74) is 3.19. The van der Waals surface area contributed by atoms with E-state index in [1.807, 2.05) is 41.3 Å². The van der Waals surface area contributed by atoms with Gasteiger partial charge in [0.1, 0.15) is 5.82 Å². The van der Waals surface area contributed by atoms with Crippen LogP contribution in [0.4, 0.5) is 0 Å². The van der Waals surface area contributed by atoms with Crippen molar-refractivity contribution in [2.24, 2.45) is 0 Å². The minimum absolute atomic E-state index is 0.195. The standard InChI is InChI=1S/C20H20BrN3O/c21-15-6-3-5-14(13-15)18-9-4-12-24(18)20(25)11-10-19-22-16-7-1-2-8-17(16)23-19/h1-3,5-8,13,18H,4,9-12H2,(H,22,23). The smallest absolute Gasteiger partial charge is 0.223 e. The lowest BCUT2D eigenvalue weighted by molar-refractivity contribution is -0.132. The normalized spacial score (nSPS) is 17.3. The van der Waals surface area contributed by atoms with E-state index in [0.717, 1.165) is 40.7 Å². The van der Waals surface area contributed by atoms with Gasteiger partial charge in [-0.15, -0.1) is 0 Å². The molecule has 0 saturated carbocycles. The number of benzene rings is 2. The van der Waals surface area contributed by atoms with Crippen molar-refractivity contribution < 1.29 is 4.79 Å². The van der Waals surface area contributed by atoms with Crippen LogP contribution >= 0.6 is 15.9 Å². The third-order valence-corrected chi connectivity index (χ3v) is 5.31. The maximum absolute atomic E-state index is 12.8. The molecule has 4 rings (SSSR count). The van der Waals surface area contributed by atoms with Crippen LogP contribution in [0.25, 0.3) is 11.0 Å². The Kier molecular flexibility index (Phi) is 4.57. The van der Waals surface area contributed by atoms with E-state index in [4.69, 9.17) is 0 Å². The van der Waals surface area contributed by atoms with E-state index in [2.05, 4.69) is 38.0 Å². The summed E-state index contributed by atoms with van der Waals surface area (Å²) in [7, 11) is 0. The molecule has 1 unspecified atom stereocenters. The molecule has 1 atom stereocenters. The SMILES string of the molecule is O=C(CCc1nc2ccccc2[nH]1)N1CCCC1c1cccc(Br)c1. The number of halogens is 1. The quantitative estimate of drug-likeness (QED) is 0.697. The van der Waals surface area contributed by atoms with E-state index in [0.29, 0.717) is 12.8 Å².